The Bertz CT molecular complexity index is 1460. The number of fused-ring (bicyclic) bond motifs is 1. The molecule has 2 amide bonds. The van der Waals surface area contributed by atoms with Gasteiger partial charge in [0.15, 0.2) is 5.65 Å². The number of pyridine rings is 1. The van der Waals surface area contributed by atoms with Gasteiger partial charge in [-0.05, 0) is 68.7 Å². The standard InChI is InChI=1S/C31H35N5O4/c1-31(2,3)40-30(38)33-20-24(19-22-9-6-5-7-10-22)34-28(37)17-16-27-26-11-8-18-32-29(26)36(35-27)21-23-12-14-25(39-4)15-13-23/h5-18,24H,19-21H2,1-4H3,(H,33,38)(H,34,37)/b17-16+/t24-/m0/s1. The summed E-state index contributed by atoms with van der Waals surface area (Å²) < 4.78 is 12.4. The fraction of sp³-hybridized carbons (Fsp3) is 0.290. The van der Waals surface area contributed by atoms with E-state index in [1.54, 1.807) is 40.2 Å². The molecule has 9 nitrogen and oxygen atoms in total. The van der Waals surface area contributed by atoms with E-state index in [1.807, 2.05) is 71.4 Å². The van der Waals surface area contributed by atoms with Crippen molar-refractivity contribution in [1.29, 1.82) is 0 Å². The van der Waals surface area contributed by atoms with Gasteiger partial charge >= 0.3 is 6.09 Å². The molecule has 0 aliphatic carbocycles. The smallest absolute Gasteiger partial charge is 0.407 e. The third kappa shape index (κ3) is 8.17. The Kier molecular flexibility index (Phi) is 9.16. The zero-order valence-electron chi connectivity index (χ0n) is 23.3. The van der Waals surface area contributed by atoms with Crippen molar-refractivity contribution < 1.29 is 19.1 Å². The second-order valence-corrected chi connectivity index (χ2v) is 10.4. The molecule has 4 aromatic rings. The van der Waals surface area contributed by atoms with E-state index in [4.69, 9.17) is 14.6 Å². The third-order valence-electron chi connectivity index (χ3n) is 5.98. The summed E-state index contributed by atoms with van der Waals surface area (Å²) in [5.41, 5.74) is 2.84. The molecule has 0 saturated heterocycles. The van der Waals surface area contributed by atoms with Gasteiger partial charge in [-0.1, -0.05) is 42.5 Å². The molecule has 0 aliphatic heterocycles. The molecular weight excluding hydrogens is 506 g/mol. The van der Waals surface area contributed by atoms with E-state index in [1.165, 1.54) is 6.08 Å². The van der Waals surface area contributed by atoms with Crippen LogP contribution >= 0.6 is 0 Å². The van der Waals surface area contributed by atoms with E-state index >= 15 is 0 Å². The van der Waals surface area contributed by atoms with Crippen molar-refractivity contribution in [1.82, 2.24) is 25.4 Å². The fourth-order valence-corrected chi connectivity index (χ4v) is 4.17. The molecule has 2 N–H and O–H groups in total. The number of alkyl carbamates (subject to hydrolysis) is 1. The summed E-state index contributed by atoms with van der Waals surface area (Å²) in [4.78, 5) is 29.7. The summed E-state index contributed by atoms with van der Waals surface area (Å²) in [7, 11) is 1.64. The number of carbonyl (C=O) groups is 2. The Morgan fingerprint density at radius 3 is 2.45 bits per heavy atom. The molecule has 0 bridgehead atoms. The lowest BCUT2D eigenvalue weighted by atomic mass is 10.1. The molecule has 0 radical (unpaired) electrons. The molecule has 2 aromatic heterocycles. The van der Waals surface area contributed by atoms with Gasteiger partial charge in [0.2, 0.25) is 5.91 Å². The van der Waals surface area contributed by atoms with Crippen molar-refractivity contribution >= 4 is 29.1 Å². The highest BCUT2D eigenvalue weighted by molar-refractivity contribution is 5.94. The number of nitrogens with zero attached hydrogens (tertiary/aromatic N) is 3. The maximum Gasteiger partial charge on any atom is 0.407 e. The van der Waals surface area contributed by atoms with Crippen LogP contribution in [-0.2, 0) is 22.5 Å². The van der Waals surface area contributed by atoms with E-state index in [0.29, 0.717) is 18.7 Å². The number of nitrogens with one attached hydrogen (secondary N) is 2. The van der Waals surface area contributed by atoms with Crippen molar-refractivity contribution in [2.45, 2.75) is 45.4 Å². The topological polar surface area (TPSA) is 107 Å². The maximum atomic E-state index is 13.0. The zero-order valence-corrected chi connectivity index (χ0v) is 23.3. The SMILES string of the molecule is COc1ccc(Cn2nc(/C=C/C(=O)N[C@H](CNC(=O)OC(C)(C)C)Cc3ccccc3)c3cccnc32)cc1. The van der Waals surface area contributed by atoms with Gasteiger partial charge in [-0.25, -0.2) is 14.5 Å². The van der Waals surface area contributed by atoms with Gasteiger partial charge in [-0.15, -0.1) is 0 Å². The molecular formula is C31H35N5O4. The normalized spacial score (nSPS) is 12.3. The fourth-order valence-electron chi connectivity index (χ4n) is 4.17. The van der Waals surface area contributed by atoms with E-state index in [-0.39, 0.29) is 18.5 Å². The molecule has 2 heterocycles. The average Bonchev–Trinajstić information content (AvgIpc) is 3.28. The van der Waals surface area contributed by atoms with Crippen LogP contribution in [-0.4, -0.2) is 52.1 Å². The molecule has 40 heavy (non-hydrogen) atoms. The lowest BCUT2D eigenvalue weighted by molar-refractivity contribution is -0.117. The highest BCUT2D eigenvalue weighted by atomic mass is 16.6. The molecule has 208 valence electrons. The molecule has 0 aliphatic rings. The Hall–Kier alpha value is -4.66. The van der Waals surface area contributed by atoms with Crippen molar-refractivity contribution in [3.8, 4) is 5.75 Å². The van der Waals surface area contributed by atoms with Gasteiger partial charge in [0.05, 0.1) is 25.4 Å². The summed E-state index contributed by atoms with van der Waals surface area (Å²) in [6, 6.07) is 21.0. The van der Waals surface area contributed by atoms with Crippen LogP contribution in [0.5, 0.6) is 5.75 Å². The largest absolute Gasteiger partial charge is 0.497 e. The number of aromatic nitrogens is 3. The number of amides is 2. The monoisotopic (exact) mass is 541 g/mol. The van der Waals surface area contributed by atoms with Gasteiger partial charge in [0, 0.05) is 24.2 Å². The van der Waals surface area contributed by atoms with E-state index < -0.39 is 11.7 Å². The number of benzene rings is 2. The number of rotatable bonds is 10. The van der Waals surface area contributed by atoms with Crippen LogP contribution in [0, 0.1) is 0 Å². The predicted octanol–water partition coefficient (Wildman–Crippen LogP) is 4.75. The molecule has 0 unspecified atom stereocenters. The molecule has 0 fully saturated rings. The van der Waals surface area contributed by atoms with Gasteiger partial charge in [0.1, 0.15) is 11.4 Å². The maximum absolute atomic E-state index is 13.0. The van der Waals surface area contributed by atoms with Gasteiger partial charge in [-0.3, -0.25) is 4.79 Å². The molecule has 0 saturated carbocycles. The van der Waals surface area contributed by atoms with E-state index in [9.17, 15) is 9.59 Å². The Labute approximate surface area is 234 Å². The first-order valence-electron chi connectivity index (χ1n) is 13.1. The van der Waals surface area contributed by atoms with E-state index in [2.05, 4.69) is 15.6 Å². The molecule has 2 aromatic carbocycles. The quantitative estimate of drug-likeness (QED) is 0.281. The molecule has 4 rings (SSSR count). The molecule has 9 heteroatoms. The zero-order chi connectivity index (χ0) is 28.5. The first kappa shape index (κ1) is 28.4. The third-order valence-corrected chi connectivity index (χ3v) is 5.98. The summed E-state index contributed by atoms with van der Waals surface area (Å²) >= 11 is 0. The lowest BCUT2D eigenvalue weighted by Crippen LogP contribution is -2.45. The molecule has 1 atom stereocenters. The average molecular weight is 542 g/mol. The summed E-state index contributed by atoms with van der Waals surface area (Å²) in [5, 5.41) is 11.3. The summed E-state index contributed by atoms with van der Waals surface area (Å²) in [6.07, 6.45) is 4.87. The van der Waals surface area contributed by atoms with Crippen LogP contribution in [0.2, 0.25) is 0 Å². The first-order chi connectivity index (χ1) is 19.2. The highest BCUT2D eigenvalue weighted by Gasteiger charge is 2.19. The van der Waals surface area contributed by atoms with Crippen molar-refractivity contribution in [2.75, 3.05) is 13.7 Å². The van der Waals surface area contributed by atoms with E-state index in [0.717, 1.165) is 27.9 Å². The van der Waals surface area contributed by atoms with Gasteiger partial charge in [0.25, 0.3) is 0 Å². The van der Waals surface area contributed by atoms with Crippen molar-refractivity contribution in [3.63, 3.8) is 0 Å². The number of methoxy groups -OCH3 is 1. The number of hydrogen-bond acceptors (Lipinski definition) is 6. The Balaban J connectivity index is 1.47. The van der Waals surface area contributed by atoms with Crippen molar-refractivity contribution in [2.24, 2.45) is 0 Å². The summed E-state index contributed by atoms with van der Waals surface area (Å²) in [5.74, 6) is 0.488. The Morgan fingerprint density at radius 2 is 1.75 bits per heavy atom. The van der Waals surface area contributed by atoms with Crippen LogP contribution < -0.4 is 15.4 Å². The minimum absolute atomic E-state index is 0.215. The summed E-state index contributed by atoms with van der Waals surface area (Å²) in [6.45, 7) is 6.15. The van der Waals surface area contributed by atoms with Gasteiger partial charge in [-0.2, -0.15) is 5.10 Å². The first-order valence-corrected chi connectivity index (χ1v) is 13.1. The van der Waals surface area contributed by atoms with Crippen molar-refractivity contribution in [3.05, 3.63) is 95.8 Å². The van der Waals surface area contributed by atoms with Crippen LogP contribution in [0.4, 0.5) is 4.79 Å². The van der Waals surface area contributed by atoms with Crippen LogP contribution in [0.3, 0.4) is 0 Å². The Morgan fingerprint density at radius 1 is 1.00 bits per heavy atom. The minimum Gasteiger partial charge on any atom is -0.497 e. The lowest BCUT2D eigenvalue weighted by Gasteiger charge is -2.22. The highest BCUT2D eigenvalue weighted by Crippen LogP contribution is 2.20. The number of hydrogen-bond donors (Lipinski definition) is 2. The van der Waals surface area contributed by atoms with Gasteiger partial charge < -0.3 is 20.1 Å². The number of ether oxygens (including phenoxy) is 2. The minimum atomic E-state index is -0.612. The van der Waals surface area contributed by atoms with Crippen LogP contribution in [0.15, 0.2) is 79.0 Å². The second kappa shape index (κ2) is 12.9. The van der Waals surface area contributed by atoms with Crippen LogP contribution in [0.1, 0.15) is 37.6 Å². The predicted molar refractivity (Wildman–Crippen MR) is 155 cm³/mol. The molecule has 0 spiro atoms. The van der Waals surface area contributed by atoms with Crippen LogP contribution in [0.25, 0.3) is 17.1 Å². The number of carbonyl (C=O) groups excluding carboxylic acids is 2. The second-order valence-electron chi connectivity index (χ2n) is 10.4.